The maximum Gasteiger partial charge on any atom is 0.134 e. The topological polar surface area (TPSA) is 13.1 Å². The minimum atomic E-state index is 0.651. The van der Waals surface area contributed by atoms with Crippen molar-refractivity contribution in [1.29, 1.82) is 0 Å². The Morgan fingerprint density at radius 2 is 1.81 bits per heavy atom. The van der Waals surface area contributed by atoms with Crippen LogP contribution < -0.4 is 0 Å². The van der Waals surface area contributed by atoms with Crippen molar-refractivity contribution in [3.05, 3.63) is 36.1 Å². The monoisotopic (exact) mass is 326 g/mol. The summed E-state index contributed by atoms with van der Waals surface area (Å²) in [5.41, 5.74) is 1.04. The summed E-state index contributed by atoms with van der Waals surface area (Å²) in [6.07, 6.45) is 5.24. The Morgan fingerprint density at radius 1 is 1.06 bits per heavy atom. The van der Waals surface area contributed by atoms with Gasteiger partial charge in [-0.25, -0.2) is 0 Å². The summed E-state index contributed by atoms with van der Waals surface area (Å²) in [6.45, 7) is 0. The molecule has 2 aromatic rings. The molecule has 1 heterocycles. The fraction of sp³-hybridized carbons (Fsp3) is 0.429. The molecule has 0 atom stereocenters. The lowest BCUT2D eigenvalue weighted by Gasteiger charge is -2.23. The Balaban J connectivity index is 1.88. The van der Waals surface area contributed by atoms with Crippen molar-refractivity contribution in [2.45, 2.75) is 35.5 Å². The first-order valence-electron chi connectivity index (χ1n) is 5.95. The summed E-state index contributed by atoms with van der Waals surface area (Å²) in [7, 11) is 0. The van der Waals surface area contributed by atoms with E-state index in [1.54, 1.807) is 0 Å². The molecule has 0 bridgehead atoms. The van der Waals surface area contributed by atoms with E-state index >= 15 is 0 Å². The van der Waals surface area contributed by atoms with Crippen LogP contribution in [-0.2, 0) is 0 Å². The van der Waals surface area contributed by atoms with E-state index in [1.807, 2.05) is 6.07 Å². The Hall–Kier alpha value is -0.510. The molecule has 84 valence electrons. The summed E-state index contributed by atoms with van der Waals surface area (Å²) in [6, 6.07) is 10.5. The van der Waals surface area contributed by atoms with Gasteiger partial charge in [0.15, 0.2) is 0 Å². The number of hydrogen-bond acceptors (Lipinski definition) is 1. The van der Waals surface area contributed by atoms with E-state index in [0.717, 1.165) is 9.51 Å². The van der Waals surface area contributed by atoms with Gasteiger partial charge in [0.2, 0.25) is 0 Å². The van der Waals surface area contributed by atoms with Crippen LogP contribution in [0.4, 0.5) is 0 Å². The molecule has 1 nitrogen and oxygen atoms in total. The van der Waals surface area contributed by atoms with Gasteiger partial charge in [0, 0.05) is 15.2 Å². The van der Waals surface area contributed by atoms with Gasteiger partial charge in [-0.2, -0.15) is 0 Å². The van der Waals surface area contributed by atoms with Crippen LogP contribution in [0, 0.1) is 0 Å². The van der Waals surface area contributed by atoms with Crippen molar-refractivity contribution in [3.63, 3.8) is 0 Å². The standard InChI is InChI=1S/C14H15IO/c15-12-7-5-10(6-8-12)14-9-11-3-1-2-4-13(11)16-14/h1-4,9-10,12H,5-8H2. The molecular weight excluding hydrogens is 311 g/mol. The zero-order valence-corrected chi connectivity index (χ0v) is 11.3. The van der Waals surface area contributed by atoms with Crippen molar-refractivity contribution >= 4 is 33.6 Å². The highest BCUT2D eigenvalue weighted by atomic mass is 127. The summed E-state index contributed by atoms with van der Waals surface area (Å²) >= 11 is 2.57. The van der Waals surface area contributed by atoms with Crippen LogP contribution in [0.25, 0.3) is 11.0 Å². The number of hydrogen-bond donors (Lipinski definition) is 0. The fourth-order valence-corrected chi connectivity index (χ4v) is 3.26. The number of alkyl halides is 1. The molecule has 3 rings (SSSR count). The lowest BCUT2D eigenvalue weighted by Crippen LogP contribution is -2.11. The predicted octanol–water partition coefficient (Wildman–Crippen LogP) is 4.89. The van der Waals surface area contributed by atoms with Crippen LogP contribution in [0.15, 0.2) is 34.7 Å². The molecular formula is C14H15IO. The molecule has 0 spiro atoms. The summed E-state index contributed by atoms with van der Waals surface area (Å²) in [5, 5.41) is 1.24. The lowest BCUT2D eigenvalue weighted by atomic mass is 9.87. The molecule has 0 saturated heterocycles. The molecule has 1 fully saturated rings. The number of benzene rings is 1. The van der Waals surface area contributed by atoms with Crippen LogP contribution in [0.5, 0.6) is 0 Å². The van der Waals surface area contributed by atoms with E-state index in [2.05, 4.69) is 46.9 Å². The summed E-state index contributed by atoms with van der Waals surface area (Å²) in [5.74, 6) is 1.85. The van der Waals surface area contributed by atoms with Crippen molar-refractivity contribution in [2.75, 3.05) is 0 Å². The third-order valence-electron chi connectivity index (χ3n) is 3.50. The van der Waals surface area contributed by atoms with Gasteiger partial charge in [-0.3, -0.25) is 0 Å². The summed E-state index contributed by atoms with van der Waals surface area (Å²) < 4.78 is 6.81. The van der Waals surface area contributed by atoms with E-state index in [9.17, 15) is 0 Å². The second kappa shape index (κ2) is 4.40. The molecule has 0 unspecified atom stereocenters. The molecule has 1 aromatic carbocycles. The molecule has 1 aromatic heterocycles. The van der Waals surface area contributed by atoms with Gasteiger partial charge in [-0.1, -0.05) is 40.8 Å². The van der Waals surface area contributed by atoms with Crippen LogP contribution >= 0.6 is 22.6 Å². The zero-order valence-electron chi connectivity index (χ0n) is 9.16. The first-order valence-corrected chi connectivity index (χ1v) is 7.20. The van der Waals surface area contributed by atoms with Crippen molar-refractivity contribution < 1.29 is 4.42 Å². The molecule has 0 amide bonds. The molecule has 0 N–H and O–H groups in total. The molecule has 0 radical (unpaired) electrons. The van der Waals surface area contributed by atoms with Gasteiger partial charge >= 0.3 is 0 Å². The van der Waals surface area contributed by atoms with Crippen LogP contribution in [-0.4, -0.2) is 3.92 Å². The van der Waals surface area contributed by atoms with Gasteiger partial charge in [-0.05, 0) is 37.8 Å². The van der Waals surface area contributed by atoms with E-state index in [-0.39, 0.29) is 0 Å². The van der Waals surface area contributed by atoms with Crippen LogP contribution in [0.1, 0.15) is 37.4 Å². The van der Waals surface area contributed by atoms with Crippen molar-refractivity contribution in [2.24, 2.45) is 0 Å². The maximum atomic E-state index is 5.94. The molecule has 1 saturated carbocycles. The van der Waals surface area contributed by atoms with Crippen LogP contribution in [0.3, 0.4) is 0 Å². The number of para-hydroxylation sites is 1. The lowest BCUT2D eigenvalue weighted by molar-refractivity contribution is 0.396. The van der Waals surface area contributed by atoms with E-state index < -0.39 is 0 Å². The predicted molar refractivity (Wildman–Crippen MR) is 75.2 cm³/mol. The average Bonchev–Trinajstić information content (AvgIpc) is 2.73. The number of fused-ring (bicyclic) bond motifs is 1. The second-order valence-electron chi connectivity index (χ2n) is 4.64. The normalized spacial score (nSPS) is 26.1. The van der Waals surface area contributed by atoms with Gasteiger partial charge in [0.1, 0.15) is 11.3 Å². The SMILES string of the molecule is IC1CCC(c2cc3ccccc3o2)CC1. The molecule has 1 aliphatic carbocycles. The largest absolute Gasteiger partial charge is 0.461 e. The minimum Gasteiger partial charge on any atom is -0.461 e. The molecule has 0 aliphatic heterocycles. The first-order chi connectivity index (χ1) is 7.83. The third kappa shape index (κ3) is 1.99. The highest BCUT2D eigenvalue weighted by molar-refractivity contribution is 14.1. The molecule has 2 heteroatoms. The van der Waals surface area contributed by atoms with E-state index in [4.69, 9.17) is 4.42 Å². The number of halogens is 1. The number of rotatable bonds is 1. The average molecular weight is 326 g/mol. The van der Waals surface area contributed by atoms with E-state index in [0.29, 0.717) is 5.92 Å². The quantitative estimate of drug-likeness (QED) is 0.537. The smallest absolute Gasteiger partial charge is 0.134 e. The Labute approximate surface area is 109 Å². The maximum absolute atomic E-state index is 5.94. The van der Waals surface area contributed by atoms with Crippen molar-refractivity contribution in [1.82, 2.24) is 0 Å². The molecule has 16 heavy (non-hydrogen) atoms. The third-order valence-corrected chi connectivity index (χ3v) is 4.75. The first kappa shape index (κ1) is 10.6. The number of furan rings is 1. The Morgan fingerprint density at radius 3 is 2.56 bits per heavy atom. The van der Waals surface area contributed by atoms with Gasteiger partial charge in [0.05, 0.1) is 0 Å². The van der Waals surface area contributed by atoms with Crippen molar-refractivity contribution in [3.8, 4) is 0 Å². The van der Waals surface area contributed by atoms with E-state index in [1.165, 1.54) is 36.8 Å². The highest BCUT2D eigenvalue weighted by Crippen LogP contribution is 2.37. The minimum absolute atomic E-state index is 0.651. The Bertz CT molecular complexity index is 447. The highest BCUT2D eigenvalue weighted by Gasteiger charge is 2.23. The zero-order chi connectivity index (χ0) is 11.0. The summed E-state index contributed by atoms with van der Waals surface area (Å²) in [4.78, 5) is 0. The van der Waals surface area contributed by atoms with Gasteiger partial charge in [0.25, 0.3) is 0 Å². The fourth-order valence-electron chi connectivity index (χ4n) is 2.54. The van der Waals surface area contributed by atoms with Gasteiger partial charge < -0.3 is 4.42 Å². The Kier molecular flexibility index (Phi) is 2.92. The molecule has 1 aliphatic rings. The second-order valence-corrected chi connectivity index (χ2v) is 6.40. The van der Waals surface area contributed by atoms with Crippen LogP contribution in [0.2, 0.25) is 0 Å². The van der Waals surface area contributed by atoms with Gasteiger partial charge in [-0.15, -0.1) is 0 Å².